The molecule has 0 radical (unpaired) electrons. The number of ether oxygens (including phenoxy) is 1. The van der Waals surface area contributed by atoms with Gasteiger partial charge in [-0.05, 0) is 79.3 Å². The maximum absolute atomic E-state index is 13.6. The van der Waals surface area contributed by atoms with Gasteiger partial charge in [-0.3, -0.25) is 0 Å². The summed E-state index contributed by atoms with van der Waals surface area (Å²) in [5, 5.41) is 3.11. The number of hydrogen-bond donors (Lipinski definition) is 1. The highest BCUT2D eigenvalue weighted by molar-refractivity contribution is 5.89. The number of urea groups is 1. The summed E-state index contributed by atoms with van der Waals surface area (Å²) in [5.74, 6) is 0.801. The fraction of sp³-hybridized carbons (Fsp3) is 0.321. The van der Waals surface area contributed by atoms with E-state index in [1.165, 1.54) is 11.1 Å². The topological polar surface area (TPSA) is 44.8 Å². The Hall–Kier alpha value is -3.47. The van der Waals surface area contributed by atoms with Crippen molar-refractivity contribution in [3.8, 4) is 5.75 Å². The summed E-state index contributed by atoms with van der Waals surface area (Å²) >= 11 is 0. The van der Waals surface area contributed by atoms with Crippen molar-refractivity contribution in [2.45, 2.75) is 38.8 Å². The van der Waals surface area contributed by atoms with Crippen LogP contribution >= 0.6 is 0 Å². The number of aryl methyl sites for hydroxylation is 1. The summed E-state index contributed by atoms with van der Waals surface area (Å²) in [7, 11) is 4.06. The first-order valence-electron chi connectivity index (χ1n) is 11.7. The zero-order valence-electron chi connectivity index (χ0n) is 19.8. The third-order valence-corrected chi connectivity index (χ3v) is 6.20. The average molecular weight is 444 g/mol. The molecule has 172 valence electrons. The quantitative estimate of drug-likeness (QED) is 0.468. The molecule has 0 aromatic heterocycles. The number of nitrogens with zero attached hydrogens (tertiary/aromatic N) is 2. The van der Waals surface area contributed by atoms with E-state index in [2.05, 4.69) is 58.7 Å². The fourth-order valence-electron chi connectivity index (χ4n) is 4.47. The molecule has 0 saturated carbocycles. The highest BCUT2D eigenvalue weighted by atomic mass is 16.5. The first kappa shape index (κ1) is 22.7. The lowest BCUT2D eigenvalue weighted by Gasteiger charge is -2.36. The molecule has 5 nitrogen and oxygen atoms in total. The van der Waals surface area contributed by atoms with Crippen LogP contribution < -0.4 is 15.0 Å². The predicted octanol–water partition coefficient (Wildman–Crippen LogP) is 6.26. The number of anilines is 2. The second kappa shape index (κ2) is 10.4. The molecule has 0 aliphatic heterocycles. The maximum Gasteiger partial charge on any atom is 0.322 e. The minimum atomic E-state index is -0.0856. The van der Waals surface area contributed by atoms with Crippen LogP contribution in [0.2, 0.25) is 0 Å². The monoisotopic (exact) mass is 443 g/mol. The Bertz CT molecular complexity index is 1060. The number of amides is 2. The minimum Gasteiger partial charge on any atom is -0.494 e. The van der Waals surface area contributed by atoms with Crippen LogP contribution in [-0.4, -0.2) is 31.6 Å². The van der Waals surface area contributed by atoms with Gasteiger partial charge < -0.3 is 19.9 Å². The summed E-state index contributed by atoms with van der Waals surface area (Å²) in [4.78, 5) is 17.7. The van der Waals surface area contributed by atoms with Gasteiger partial charge in [-0.15, -0.1) is 0 Å². The average Bonchev–Trinajstić information content (AvgIpc) is 2.84. The maximum atomic E-state index is 13.6. The van der Waals surface area contributed by atoms with Gasteiger partial charge in [0.05, 0.1) is 12.6 Å². The van der Waals surface area contributed by atoms with Crippen LogP contribution in [0.25, 0.3) is 0 Å². The van der Waals surface area contributed by atoms with Crippen molar-refractivity contribution in [3.05, 3.63) is 89.5 Å². The molecular weight excluding hydrogens is 410 g/mol. The van der Waals surface area contributed by atoms with E-state index in [1.54, 1.807) is 0 Å². The number of rotatable bonds is 7. The Morgan fingerprint density at radius 2 is 1.73 bits per heavy atom. The zero-order valence-corrected chi connectivity index (χ0v) is 19.8. The van der Waals surface area contributed by atoms with Gasteiger partial charge in [0.1, 0.15) is 5.75 Å². The van der Waals surface area contributed by atoms with Gasteiger partial charge >= 0.3 is 6.03 Å². The first-order chi connectivity index (χ1) is 16.0. The molecular formula is C28H33N3O2. The minimum absolute atomic E-state index is 0.0474. The Kier molecular flexibility index (Phi) is 7.18. The van der Waals surface area contributed by atoms with Crippen molar-refractivity contribution < 1.29 is 9.53 Å². The van der Waals surface area contributed by atoms with Crippen molar-refractivity contribution >= 4 is 17.4 Å². The lowest BCUT2D eigenvalue weighted by molar-refractivity contribution is 0.175. The second-order valence-electron chi connectivity index (χ2n) is 8.68. The van der Waals surface area contributed by atoms with Gasteiger partial charge in [-0.2, -0.15) is 0 Å². The van der Waals surface area contributed by atoms with Gasteiger partial charge in [0.2, 0.25) is 0 Å². The fourth-order valence-corrected chi connectivity index (χ4v) is 4.47. The van der Waals surface area contributed by atoms with E-state index in [0.717, 1.165) is 42.0 Å². The number of benzene rings is 3. The molecule has 0 bridgehead atoms. The van der Waals surface area contributed by atoms with E-state index in [9.17, 15) is 4.79 Å². The van der Waals surface area contributed by atoms with Crippen molar-refractivity contribution in [2.75, 3.05) is 30.9 Å². The SMILES string of the molecule is CCOc1ccc(NC(=O)N(Cc2ccc(N(C)C)cc2)C2CCCc3ccccc32)cc1. The Balaban J connectivity index is 1.60. The van der Waals surface area contributed by atoms with E-state index in [0.29, 0.717) is 13.2 Å². The summed E-state index contributed by atoms with van der Waals surface area (Å²) in [5.41, 5.74) is 5.63. The van der Waals surface area contributed by atoms with Crippen molar-refractivity contribution in [3.63, 3.8) is 0 Å². The van der Waals surface area contributed by atoms with Crippen LogP contribution in [0, 0.1) is 0 Å². The van der Waals surface area contributed by atoms with Crippen molar-refractivity contribution in [2.24, 2.45) is 0 Å². The van der Waals surface area contributed by atoms with Crippen molar-refractivity contribution in [1.82, 2.24) is 4.90 Å². The molecule has 0 saturated heterocycles. The lowest BCUT2D eigenvalue weighted by atomic mass is 9.86. The molecule has 0 spiro atoms. The zero-order chi connectivity index (χ0) is 23.2. The standard InChI is InChI=1S/C28H33N3O2/c1-4-33-25-18-14-23(15-19-25)29-28(32)31(20-21-12-16-24(17-13-21)30(2)3)27-11-7-9-22-8-5-6-10-26(22)27/h5-6,8,10,12-19,27H,4,7,9,11,20H2,1-3H3,(H,29,32). The number of carbonyl (C=O) groups excluding carboxylic acids is 1. The van der Waals surface area contributed by atoms with Gasteiger partial charge in [0, 0.05) is 32.0 Å². The number of fused-ring (bicyclic) bond motifs is 1. The predicted molar refractivity (Wildman–Crippen MR) is 135 cm³/mol. The van der Waals surface area contributed by atoms with Crippen LogP contribution in [0.5, 0.6) is 5.75 Å². The highest BCUT2D eigenvalue weighted by Gasteiger charge is 2.29. The molecule has 3 aromatic rings. The summed E-state index contributed by atoms with van der Waals surface area (Å²) < 4.78 is 5.53. The van der Waals surface area contributed by atoms with E-state index < -0.39 is 0 Å². The molecule has 3 aromatic carbocycles. The van der Waals surface area contributed by atoms with E-state index >= 15 is 0 Å². The van der Waals surface area contributed by atoms with Crippen molar-refractivity contribution in [1.29, 1.82) is 0 Å². The molecule has 1 atom stereocenters. The molecule has 33 heavy (non-hydrogen) atoms. The number of nitrogens with one attached hydrogen (secondary N) is 1. The van der Waals surface area contributed by atoms with Gasteiger partial charge in [-0.1, -0.05) is 36.4 Å². The lowest BCUT2D eigenvalue weighted by Crippen LogP contribution is -2.39. The van der Waals surface area contributed by atoms with Crippen LogP contribution in [0.1, 0.15) is 42.5 Å². The molecule has 1 aliphatic rings. The summed E-state index contributed by atoms with van der Waals surface area (Å²) in [6.07, 6.45) is 3.11. The molecule has 5 heteroatoms. The molecule has 1 aliphatic carbocycles. The van der Waals surface area contributed by atoms with Crippen LogP contribution in [-0.2, 0) is 13.0 Å². The Morgan fingerprint density at radius 3 is 2.42 bits per heavy atom. The molecule has 1 unspecified atom stereocenters. The Morgan fingerprint density at radius 1 is 1.00 bits per heavy atom. The molecule has 4 rings (SSSR count). The molecule has 1 N–H and O–H groups in total. The summed E-state index contributed by atoms with van der Waals surface area (Å²) in [6.45, 7) is 3.13. The molecule has 2 amide bonds. The second-order valence-corrected chi connectivity index (χ2v) is 8.68. The van der Waals surface area contributed by atoms with Crippen LogP contribution in [0.3, 0.4) is 0 Å². The van der Waals surface area contributed by atoms with Gasteiger partial charge in [0.15, 0.2) is 0 Å². The third kappa shape index (κ3) is 5.48. The van der Waals surface area contributed by atoms with E-state index in [4.69, 9.17) is 4.74 Å². The van der Waals surface area contributed by atoms with Gasteiger partial charge in [-0.25, -0.2) is 4.79 Å². The normalized spacial score (nSPS) is 14.8. The summed E-state index contributed by atoms with van der Waals surface area (Å²) in [6, 6.07) is 24.5. The van der Waals surface area contributed by atoms with E-state index in [1.807, 2.05) is 50.2 Å². The first-order valence-corrected chi connectivity index (χ1v) is 11.7. The third-order valence-electron chi connectivity index (χ3n) is 6.20. The molecule has 0 fully saturated rings. The molecule has 0 heterocycles. The highest BCUT2D eigenvalue weighted by Crippen LogP contribution is 2.35. The number of carbonyl (C=O) groups is 1. The largest absolute Gasteiger partial charge is 0.494 e. The van der Waals surface area contributed by atoms with Gasteiger partial charge in [0.25, 0.3) is 0 Å². The van der Waals surface area contributed by atoms with Crippen LogP contribution in [0.15, 0.2) is 72.8 Å². The number of hydrogen-bond acceptors (Lipinski definition) is 3. The van der Waals surface area contributed by atoms with E-state index in [-0.39, 0.29) is 12.1 Å². The Labute approximate surface area is 197 Å². The van der Waals surface area contributed by atoms with Crippen LogP contribution in [0.4, 0.5) is 16.2 Å². The smallest absolute Gasteiger partial charge is 0.322 e.